The first-order valence-corrected chi connectivity index (χ1v) is 15.9. The fourth-order valence-corrected chi connectivity index (χ4v) is 4.79. The minimum Gasteiger partial charge on any atom is -0.460 e. The first-order chi connectivity index (χ1) is 23.6. The first kappa shape index (κ1) is 38.7. The summed E-state index contributed by atoms with van der Waals surface area (Å²) in [6, 6.07) is 13.8. The number of benzene rings is 2. The summed E-state index contributed by atoms with van der Waals surface area (Å²) < 4.78 is 21.3. The maximum absolute atomic E-state index is 14.4. The molecule has 2 aromatic carbocycles. The number of allylic oxidation sites excluding steroid dienone is 3. The van der Waals surface area contributed by atoms with Crippen molar-refractivity contribution in [1.82, 2.24) is 4.90 Å². The largest absolute Gasteiger partial charge is 0.460 e. The summed E-state index contributed by atoms with van der Waals surface area (Å²) >= 11 is 0. The molecule has 50 heavy (non-hydrogen) atoms. The van der Waals surface area contributed by atoms with Gasteiger partial charge in [0.2, 0.25) is 5.91 Å². The van der Waals surface area contributed by atoms with Gasteiger partial charge >= 0.3 is 23.9 Å². The Morgan fingerprint density at radius 3 is 1.42 bits per heavy atom. The SMILES string of the molecule is C=C(C)C(=O)OCCN(CCOC(=O)C(=C)C)C(=O)C1C=C(c2ccc(OC(=O)C(=C)C)cc2)C=C(c2ccc(OC(=O)C(=C)C)cc2)C1C. The number of hydrogen-bond donors (Lipinski definition) is 0. The molecule has 1 aliphatic carbocycles. The fraction of sp³-hybridized carbons (Fsp3) is 0.275. The highest BCUT2D eigenvalue weighted by molar-refractivity contribution is 5.95. The minimum atomic E-state index is -0.694. The molecule has 262 valence electrons. The molecule has 0 bridgehead atoms. The number of carbonyl (C=O) groups is 5. The van der Waals surface area contributed by atoms with Crippen molar-refractivity contribution in [3.8, 4) is 11.5 Å². The van der Waals surface area contributed by atoms with E-state index < -0.39 is 29.8 Å². The quantitative estimate of drug-likeness (QED) is 0.118. The van der Waals surface area contributed by atoms with Crippen LogP contribution in [0.15, 0.2) is 109 Å². The molecule has 0 aromatic heterocycles. The summed E-state index contributed by atoms with van der Waals surface area (Å²) in [5.74, 6) is -2.89. The average molecular weight is 682 g/mol. The maximum Gasteiger partial charge on any atom is 0.338 e. The van der Waals surface area contributed by atoms with Gasteiger partial charge in [-0.15, -0.1) is 0 Å². The van der Waals surface area contributed by atoms with Gasteiger partial charge in [0.1, 0.15) is 24.7 Å². The molecule has 0 N–H and O–H groups in total. The molecular formula is C40H43NO9. The van der Waals surface area contributed by atoms with Crippen LogP contribution in [0.5, 0.6) is 11.5 Å². The van der Waals surface area contributed by atoms with Crippen LogP contribution < -0.4 is 9.47 Å². The Morgan fingerprint density at radius 1 is 0.620 bits per heavy atom. The highest BCUT2D eigenvalue weighted by Gasteiger charge is 2.33. The summed E-state index contributed by atoms with van der Waals surface area (Å²) in [6.45, 7) is 22.4. The maximum atomic E-state index is 14.4. The molecule has 1 amide bonds. The standard InChI is InChI=1S/C40H43NO9/c1-24(2)37(43)47-20-18-41(19-21-48-38(44)25(3)4)36(42)35-23-31(29-10-14-32(15-11-29)49-39(45)26(5)6)22-34(28(35)9)30-12-16-33(17-13-30)50-40(46)27(7)8/h10-17,22-23,28,35H,1,3,5,7,18-21H2,2,4,6,8-9H3. The Morgan fingerprint density at radius 2 is 1.02 bits per heavy atom. The average Bonchev–Trinajstić information content (AvgIpc) is 3.07. The minimum absolute atomic E-state index is 0.0412. The number of nitrogens with zero attached hydrogens (tertiary/aromatic N) is 1. The van der Waals surface area contributed by atoms with E-state index >= 15 is 0 Å². The Hall–Kier alpha value is -5.77. The van der Waals surface area contributed by atoms with Crippen LogP contribution in [0.25, 0.3) is 11.1 Å². The molecule has 10 heteroatoms. The van der Waals surface area contributed by atoms with E-state index in [1.54, 1.807) is 62.4 Å². The van der Waals surface area contributed by atoms with Crippen molar-refractivity contribution in [3.05, 3.63) is 120 Å². The molecule has 0 aliphatic heterocycles. The predicted octanol–water partition coefficient (Wildman–Crippen LogP) is 6.45. The Balaban J connectivity index is 2.01. The molecule has 0 saturated heterocycles. The summed E-state index contributed by atoms with van der Waals surface area (Å²) in [5.41, 5.74) is 4.09. The first-order valence-electron chi connectivity index (χ1n) is 15.9. The van der Waals surface area contributed by atoms with Crippen molar-refractivity contribution < 1.29 is 42.9 Å². The second-order valence-electron chi connectivity index (χ2n) is 12.1. The van der Waals surface area contributed by atoms with Gasteiger partial charge in [0.05, 0.1) is 19.0 Å². The zero-order valence-electron chi connectivity index (χ0n) is 29.2. The molecule has 0 heterocycles. The van der Waals surface area contributed by atoms with Crippen molar-refractivity contribution in [2.24, 2.45) is 11.8 Å². The van der Waals surface area contributed by atoms with E-state index in [1.165, 1.54) is 18.7 Å². The van der Waals surface area contributed by atoms with Crippen LogP contribution in [0.3, 0.4) is 0 Å². The smallest absolute Gasteiger partial charge is 0.338 e. The van der Waals surface area contributed by atoms with E-state index in [0.29, 0.717) is 11.5 Å². The molecular weight excluding hydrogens is 638 g/mol. The van der Waals surface area contributed by atoms with Crippen molar-refractivity contribution in [3.63, 3.8) is 0 Å². The van der Waals surface area contributed by atoms with Gasteiger partial charge in [-0.05, 0) is 80.2 Å². The van der Waals surface area contributed by atoms with E-state index in [-0.39, 0.29) is 60.4 Å². The fourth-order valence-electron chi connectivity index (χ4n) is 4.79. The number of carbonyl (C=O) groups excluding carboxylic acids is 5. The predicted molar refractivity (Wildman–Crippen MR) is 191 cm³/mol. The lowest BCUT2D eigenvalue weighted by Crippen LogP contribution is -2.43. The van der Waals surface area contributed by atoms with Crippen LogP contribution in [-0.2, 0) is 33.4 Å². The number of ether oxygens (including phenoxy) is 4. The molecule has 0 fully saturated rings. The van der Waals surface area contributed by atoms with Crippen molar-refractivity contribution >= 4 is 40.9 Å². The van der Waals surface area contributed by atoms with Crippen molar-refractivity contribution in [2.45, 2.75) is 34.6 Å². The Bertz CT molecular complexity index is 1730. The summed E-state index contributed by atoms with van der Waals surface area (Å²) in [6.07, 6.45) is 3.84. The van der Waals surface area contributed by atoms with E-state index in [0.717, 1.165) is 22.3 Å². The summed E-state index contributed by atoms with van der Waals surface area (Å²) in [4.78, 5) is 64.1. The van der Waals surface area contributed by atoms with E-state index in [1.807, 2.05) is 19.1 Å². The summed E-state index contributed by atoms with van der Waals surface area (Å²) in [5, 5.41) is 0. The van der Waals surface area contributed by atoms with Gasteiger partial charge in [0, 0.05) is 22.3 Å². The number of rotatable bonds is 15. The van der Waals surface area contributed by atoms with E-state index in [9.17, 15) is 24.0 Å². The molecule has 10 nitrogen and oxygen atoms in total. The molecule has 2 aromatic rings. The van der Waals surface area contributed by atoms with Crippen molar-refractivity contribution in [1.29, 1.82) is 0 Å². The highest BCUT2D eigenvalue weighted by atomic mass is 16.5. The normalized spacial score (nSPS) is 15.0. The molecule has 0 saturated carbocycles. The van der Waals surface area contributed by atoms with Gasteiger partial charge in [-0.25, -0.2) is 19.2 Å². The van der Waals surface area contributed by atoms with Crippen molar-refractivity contribution in [2.75, 3.05) is 26.3 Å². The molecule has 0 spiro atoms. The lowest BCUT2D eigenvalue weighted by Gasteiger charge is -2.33. The third-order valence-electron chi connectivity index (χ3n) is 7.68. The second kappa shape index (κ2) is 17.6. The molecule has 3 rings (SSSR count). The molecule has 2 atom stereocenters. The van der Waals surface area contributed by atoms with Crippen LogP contribution in [0, 0.1) is 11.8 Å². The lowest BCUT2D eigenvalue weighted by molar-refractivity contribution is -0.145. The van der Waals surface area contributed by atoms with Gasteiger partial charge in [-0.3, -0.25) is 4.79 Å². The van der Waals surface area contributed by atoms with Crippen LogP contribution in [0.1, 0.15) is 45.7 Å². The number of esters is 4. The van der Waals surface area contributed by atoms with Crippen LogP contribution in [0.4, 0.5) is 0 Å². The monoisotopic (exact) mass is 681 g/mol. The topological polar surface area (TPSA) is 126 Å². The van der Waals surface area contributed by atoms with Gasteiger partial charge in [-0.2, -0.15) is 0 Å². The van der Waals surface area contributed by atoms with Gasteiger partial charge in [-0.1, -0.05) is 69.7 Å². The van der Waals surface area contributed by atoms with E-state index in [2.05, 4.69) is 26.3 Å². The van der Waals surface area contributed by atoms with Crippen LogP contribution in [0.2, 0.25) is 0 Å². The molecule has 2 unspecified atom stereocenters. The zero-order valence-corrected chi connectivity index (χ0v) is 29.2. The Labute approximate surface area is 293 Å². The summed E-state index contributed by atoms with van der Waals surface area (Å²) in [7, 11) is 0. The van der Waals surface area contributed by atoms with E-state index in [4.69, 9.17) is 18.9 Å². The van der Waals surface area contributed by atoms with Gasteiger partial charge in [0.25, 0.3) is 0 Å². The zero-order chi connectivity index (χ0) is 37.1. The van der Waals surface area contributed by atoms with Crippen LogP contribution >= 0.6 is 0 Å². The second-order valence-corrected chi connectivity index (χ2v) is 12.1. The number of amides is 1. The third-order valence-corrected chi connectivity index (χ3v) is 7.68. The molecule has 0 radical (unpaired) electrons. The van der Waals surface area contributed by atoms with Gasteiger partial charge in [0.15, 0.2) is 0 Å². The third kappa shape index (κ3) is 10.6. The number of hydrogen-bond acceptors (Lipinski definition) is 9. The highest BCUT2D eigenvalue weighted by Crippen LogP contribution is 2.40. The lowest BCUT2D eigenvalue weighted by atomic mass is 9.76. The Kier molecular flexibility index (Phi) is 13.6. The van der Waals surface area contributed by atoms with Gasteiger partial charge < -0.3 is 23.8 Å². The van der Waals surface area contributed by atoms with Crippen LogP contribution in [-0.4, -0.2) is 61.0 Å². The molecule has 1 aliphatic rings.